The lowest BCUT2D eigenvalue weighted by atomic mass is 10.0. The van der Waals surface area contributed by atoms with Crippen LogP contribution in [0.1, 0.15) is 51.7 Å². The highest BCUT2D eigenvalue weighted by molar-refractivity contribution is 7.80. The van der Waals surface area contributed by atoms with Crippen molar-refractivity contribution in [2.24, 2.45) is 5.92 Å². The van der Waals surface area contributed by atoms with Crippen LogP contribution in [0.4, 0.5) is 17.6 Å². The maximum Gasteiger partial charge on any atom is 0.232 e. The molecule has 2 aromatic heterocycles. The highest BCUT2D eigenvalue weighted by Gasteiger charge is 2.24. The normalized spacial score (nSPS) is 20.1. The van der Waals surface area contributed by atoms with Crippen molar-refractivity contribution >= 4 is 46.5 Å². The quantitative estimate of drug-likeness (QED) is 0.345. The molecule has 9 heteroatoms. The number of nitrogens with zero attached hydrogens (tertiary/aromatic N) is 4. The molecule has 3 aromatic rings. The molecule has 0 aliphatic carbocycles. The summed E-state index contributed by atoms with van der Waals surface area (Å²) in [6.07, 6.45) is 6.09. The fourth-order valence-electron chi connectivity index (χ4n) is 5.18. The maximum atomic E-state index is 6.00. The fraction of sp³-hybridized carbons (Fsp3) is 0.464. The first-order chi connectivity index (χ1) is 17.9. The minimum absolute atomic E-state index is 0.457. The summed E-state index contributed by atoms with van der Waals surface area (Å²) in [7, 11) is 0. The monoisotopic (exact) mass is 538 g/mol. The Morgan fingerprint density at radius 3 is 2.62 bits per heavy atom. The predicted octanol–water partition coefficient (Wildman–Crippen LogP) is 6.49. The van der Waals surface area contributed by atoms with Crippen LogP contribution in [0.3, 0.4) is 0 Å². The van der Waals surface area contributed by atoms with Gasteiger partial charge in [0.05, 0.1) is 6.54 Å². The predicted molar refractivity (Wildman–Crippen MR) is 156 cm³/mol. The van der Waals surface area contributed by atoms with Crippen LogP contribution in [0, 0.1) is 5.92 Å². The van der Waals surface area contributed by atoms with Gasteiger partial charge in [0.25, 0.3) is 0 Å². The first-order valence-corrected chi connectivity index (χ1v) is 14.0. The third kappa shape index (κ3) is 6.54. The third-order valence-electron chi connectivity index (χ3n) is 7.22. The van der Waals surface area contributed by atoms with Crippen molar-refractivity contribution < 1.29 is 4.42 Å². The van der Waals surface area contributed by atoms with Crippen molar-refractivity contribution in [1.29, 1.82) is 0 Å². The molecule has 4 heterocycles. The van der Waals surface area contributed by atoms with Crippen molar-refractivity contribution in [2.75, 3.05) is 34.8 Å². The molecule has 37 heavy (non-hydrogen) atoms. The molecule has 196 valence electrons. The van der Waals surface area contributed by atoms with Gasteiger partial charge in [-0.1, -0.05) is 18.5 Å². The molecule has 2 fully saturated rings. The van der Waals surface area contributed by atoms with Gasteiger partial charge >= 0.3 is 0 Å². The lowest BCUT2D eigenvalue weighted by molar-refractivity contribution is 0.444. The molecule has 5 rings (SSSR count). The number of piperidine rings is 2. The van der Waals surface area contributed by atoms with Crippen LogP contribution < -0.4 is 20.4 Å². The van der Waals surface area contributed by atoms with Crippen LogP contribution in [-0.4, -0.2) is 40.8 Å². The summed E-state index contributed by atoms with van der Waals surface area (Å²) in [6, 6.07) is 14.1. The van der Waals surface area contributed by atoms with E-state index in [1.165, 1.54) is 32.1 Å². The number of hydrogen-bond donors (Lipinski definition) is 2. The van der Waals surface area contributed by atoms with Gasteiger partial charge in [-0.25, -0.2) is 0 Å². The minimum Gasteiger partial charge on any atom is -0.459 e. The van der Waals surface area contributed by atoms with Crippen molar-refractivity contribution in [1.82, 2.24) is 15.3 Å². The number of rotatable bonds is 6. The molecule has 0 amide bonds. The number of aromatic nitrogens is 2. The van der Waals surface area contributed by atoms with Gasteiger partial charge in [-0.3, -0.25) is 0 Å². The van der Waals surface area contributed by atoms with Crippen LogP contribution in [0.15, 0.2) is 46.9 Å². The number of furan rings is 1. The third-order valence-corrected chi connectivity index (χ3v) is 7.71. The van der Waals surface area contributed by atoms with E-state index in [1.54, 1.807) is 0 Å². The summed E-state index contributed by atoms with van der Waals surface area (Å²) >= 11 is 11.6. The summed E-state index contributed by atoms with van der Waals surface area (Å²) in [5.41, 5.74) is 0.980. The number of anilines is 3. The minimum atomic E-state index is 0.457. The van der Waals surface area contributed by atoms with E-state index in [-0.39, 0.29) is 0 Å². The van der Waals surface area contributed by atoms with Crippen LogP contribution in [0.25, 0.3) is 11.3 Å². The molecule has 0 unspecified atom stereocenters. The Bertz CT molecular complexity index is 1220. The second-order valence-electron chi connectivity index (χ2n) is 10.2. The zero-order valence-corrected chi connectivity index (χ0v) is 23.1. The summed E-state index contributed by atoms with van der Waals surface area (Å²) in [6.45, 7) is 8.11. The zero-order chi connectivity index (χ0) is 25.8. The largest absolute Gasteiger partial charge is 0.459 e. The van der Waals surface area contributed by atoms with Crippen molar-refractivity contribution in [3.05, 3.63) is 53.2 Å². The molecule has 7 nitrogen and oxygen atoms in total. The molecule has 2 saturated heterocycles. The molecular formula is C28H35ClN6OS. The van der Waals surface area contributed by atoms with Crippen LogP contribution in [0.2, 0.25) is 5.02 Å². The lowest BCUT2D eigenvalue weighted by Gasteiger charge is -2.36. The SMILES string of the molecule is C[C@@H]1CCCN(c2cc(N3CCCC[C@@H]3C)nc(NC(=S)NCc3ccc(-c4ccc(Cl)cc4)o3)n2)C1. The standard InChI is InChI=1S/C28H35ClN6OS/c1-19-6-5-14-34(18-19)25-16-26(35-15-4-3-7-20(35)2)32-27(31-25)33-28(37)30-17-23-12-13-24(36-23)21-8-10-22(29)11-9-21/h8-13,16,19-20H,3-7,14-15,17-18H2,1-2H3,(H2,30,31,32,33,37)/t19-,20+/m1/s1. The zero-order valence-electron chi connectivity index (χ0n) is 21.5. The Kier molecular flexibility index (Phi) is 8.15. The van der Waals surface area contributed by atoms with Gasteiger partial charge in [0.2, 0.25) is 5.95 Å². The lowest BCUT2D eigenvalue weighted by Crippen LogP contribution is -2.39. The first-order valence-electron chi connectivity index (χ1n) is 13.2. The van der Waals surface area contributed by atoms with Gasteiger partial charge in [-0.15, -0.1) is 0 Å². The Morgan fingerprint density at radius 1 is 1.03 bits per heavy atom. The Labute approximate surface area is 229 Å². The molecule has 2 N–H and O–H groups in total. The van der Waals surface area contributed by atoms with Gasteiger partial charge in [0, 0.05) is 42.3 Å². The van der Waals surface area contributed by atoms with Crippen molar-refractivity contribution in [2.45, 2.75) is 58.5 Å². The number of halogens is 1. The Hall–Kier alpha value is -2.84. The number of benzene rings is 1. The molecule has 1 aromatic carbocycles. The summed E-state index contributed by atoms with van der Waals surface area (Å²) in [5.74, 6) is 4.71. The molecule has 0 radical (unpaired) electrons. The highest BCUT2D eigenvalue weighted by atomic mass is 35.5. The number of hydrogen-bond acceptors (Lipinski definition) is 6. The van der Waals surface area contributed by atoms with E-state index in [9.17, 15) is 0 Å². The maximum absolute atomic E-state index is 6.00. The van der Waals surface area contributed by atoms with E-state index in [2.05, 4.69) is 40.3 Å². The molecule has 2 aliphatic rings. The summed E-state index contributed by atoms with van der Waals surface area (Å²) in [4.78, 5) is 14.5. The van der Waals surface area contributed by atoms with Crippen molar-refractivity contribution in [3.63, 3.8) is 0 Å². The van der Waals surface area contributed by atoms with E-state index < -0.39 is 0 Å². The second-order valence-corrected chi connectivity index (χ2v) is 11.1. The van der Waals surface area contributed by atoms with E-state index in [1.807, 2.05) is 36.4 Å². The van der Waals surface area contributed by atoms with Gasteiger partial charge in [-0.2, -0.15) is 9.97 Å². The average Bonchev–Trinajstić information content (AvgIpc) is 3.37. The van der Waals surface area contributed by atoms with Crippen LogP contribution in [-0.2, 0) is 6.54 Å². The second kappa shape index (κ2) is 11.7. The Morgan fingerprint density at radius 2 is 1.84 bits per heavy atom. The molecule has 0 spiro atoms. The van der Waals surface area contributed by atoms with Gasteiger partial charge in [0.1, 0.15) is 23.2 Å². The molecular weight excluding hydrogens is 504 g/mol. The summed E-state index contributed by atoms with van der Waals surface area (Å²) < 4.78 is 5.99. The first kappa shape index (κ1) is 25.8. The Balaban J connectivity index is 1.28. The van der Waals surface area contributed by atoms with Crippen LogP contribution >= 0.6 is 23.8 Å². The smallest absolute Gasteiger partial charge is 0.232 e. The van der Waals surface area contributed by atoms with Gasteiger partial charge < -0.3 is 24.9 Å². The van der Waals surface area contributed by atoms with E-state index in [4.69, 9.17) is 38.2 Å². The molecule has 2 aliphatic heterocycles. The van der Waals surface area contributed by atoms with Crippen LogP contribution in [0.5, 0.6) is 0 Å². The molecule has 0 bridgehead atoms. The van der Waals surface area contributed by atoms with Gasteiger partial charge in [-0.05, 0) is 93.6 Å². The summed E-state index contributed by atoms with van der Waals surface area (Å²) in [5, 5.41) is 7.63. The number of thiocarbonyl (C=S) groups is 1. The fourth-order valence-corrected chi connectivity index (χ4v) is 5.47. The van der Waals surface area contributed by atoms with Crippen molar-refractivity contribution in [3.8, 4) is 11.3 Å². The molecule has 0 saturated carbocycles. The van der Waals surface area contributed by atoms with E-state index in [0.29, 0.717) is 34.6 Å². The van der Waals surface area contributed by atoms with E-state index in [0.717, 1.165) is 48.4 Å². The topological polar surface area (TPSA) is 69.5 Å². The average molecular weight is 539 g/mol. The van der Waals surface area contributed by atoms with Gasteiger partial charge in [0.15, 0.2) is 5.11 Å². The van der Waals surface area contributed by atoms with E-state index >= 15 is 0 Å². The highest BCUT2D eigenvalue weighted by Crippen LogP contribution is 2.29. The number of nitrogens with one attached hydrogen (secondary N) is 2. The molecule has 2 atom stereocenters.